The molecule has 2 aliphatic heterocycles. The molecule has 0 unspecified atom stereocenters. The SMILES string of the molecule is CCCC[C@H](NC(=O)[C@H](CO)NC(=O)[C@H](Cc1cnc[nH]1)NC(=O)[C@H](CCC(N)=O)NC(=O)[C@@H](NC(=O)CNC(=O)CCCCCCCCCCCCCCCc1nnn[nH]1)[C@@H](C)O)C(=O)N[C@H]1CCC(=O)NCCCC[C@@H](C(N)=O)NC(=O)[C@H](Cc2c[nH]c3ccccc23)NC(=O)[C@H](CCCNC(=N)N)NC(=O)[C@@H](Cc2ccccc2)NC(=O)[C@@H]2C[C@@H](O)CN2C1=O. The van der Waals surface area contributed by atoms with Crippen molar-refractivity contribution in [2.75, 3.05) is 32.8 Å². The van der Waals surface area contributed by atoms with Crippen molar-refractivity contribution in [1.29, 1.82) is 5.41 Å². The van der Waals surface area contributed by atoms with Gasteiger partial charge in [0.2, 0.25) is 88.6 Å². The summed E-state index contributed by atoms with van der Waals surface area (Å²) < 4.78 is 0. The molecule has 128 heavy (non-hydrogen) atoms. The number of nitrogens with two attached hydrogens (primary N) is 3. The molecular weight excluding hydrogens is 1660 g/mol. The molecule has 5 aromatic rings. The van der Waals surface area contributed by atoms with Crippen molar-refractivity contribution in [2.45, 2.75) is 292 Å². The number of H-pyrrole nitrogens is 3. The molecule has 13 atom stereocenters. The molecule has 0 spiro atoms. The molecule has 7 rings (SSSR count). The molecule has 5 heterocycles. The Morgan fingerprint density at radius 2 is 1.25 bits per heavy atom. The second kappa shape index (κ2) is 55.1. The number of hydrogen-bond acceptors (Lipinski definition) is 23. The molecule has 0 aliphatic carbocycles. The number of guanidine groups is 1. The van der Waals surface area contributed by atoms with Gasteiger partial charge in [0.05, 0.1) is 31.7 Å². The van der Waals surface area contributed by atoms with E-state index in [0.29, 0.717) is 24.0 Å². The fourth-order valence-corrected chi connectivity index (χ4v) is 15.1. The number of nitrogens with one attached hydrogen (secondary N) is 17. The van der Waals surface area contributed by atoms with E-state index in [0.717, 1.165) is 73.0 Å². The molecule has 2 aliphatic rings. The van der Waals surface area contributed by atoms with Gasteiger partial charge in [-0.15, -0.1) is 5.10 Å². The van der Waals surface area contributed by atoms with Crippen LogP contribution in [0.15, 0.2) is 73.3 Å². The summed E-state index contributed by atoms with van der Waals surface area (Å²) in [6.45, 7) is 0.758. The van der Waals surface area contributed by atoms with Crippen LogP contribution in [-0.4, -0.2) is 262 Å². The van der Waals surface area contributed by atoms with Crippen LogP contribution in [0.4, 0.5) is 0 Å². The van der Waals surface area contributed by atoms with Crippen LogP contribution in [0.5, 0.6) is 0 Å². The molecular formula is C85H129N25O18. The van der Waals surface area contributed by atoms with Gasteiger partial charge in [-0.25, -0.2) is 10.1 Å². The Bertz CT molecular complexity index is 4420. The number of rotatable bonds is 48. The van der Waals surface area contributed by atoms with Crippen molar-refractivity contribution >= 4 is 105 Å². The van der Waals surface area contributed by atoms with Crippen molar-refractivity contribution in [2.24, 2.45) is 17.2 Å². The number of carbonyl (C=O) groups is 15. The normalized spacial score (nSPS) is 19.5. The van der Waals surface area contributed by atoms with Gasteiger partial charge in [0.25, 0.3) is 0 Å². The highest BCUT2D eigenvalue weighted by molar-refractivity contribution is 6.01. The third-order valence-electron chi connectivity index (χ3n) is 22.3. The summed E-state index contributed by atoms with van der Waals surface area (Å²) in [5.74, 6) is -13.5. The van der Waals surface area contributed by atoms with E-state index in [2.05, 4.69) is 105 Å². The summed E-state index contributed by atoms with van der Waals surface area (Å²) >= 11 is 0. The molecule has 43 nitrogen and oxygen atoms in total. The number of benzene rings is 2. The number of carbonyl (C=O) groups excluding carboxylic acids is 15. The number of hydrogen-bond donors (Lipinski definition) is 23. The number of aryl methyl sites for hydroxylation is 1. The van der Waals surface area contributed by atoms with Gasteiger partial charge in [-0.05, 0) is 98.8 Å². The third-order valence-corrected chi connectivity index (χ3v) is 22.3. The second-order valence-corrected chi connectivity index (χ2v) is 32.6. The first-order chi connectivity index (χ1) is 61.5. The van der Waals surface area contributed by atoms with Gasteiger partial charge in [-0.1, -0.05) is 139 Å². The van der Waals surface area contributed by atoms with E-state index in [-0.39, 0.29) is 89.0 Å². The van der Waals surface area contributed by atoms with E-state index in [4.69, 9.17) is 22.6 Å². The van der Waals surface area contributed by atoms with Crippen LogP contribution in [0.1, 0.15) is 210 Å². The molecule has 0 radical (unpaired) electrons. The van der Waals surface area contributed by atoms with Gasteiger partial charge < -0.3 is 117 Å². The summed E-state index contributed by atoms with van der Waals surface area (Å²) in [7, 11) is 0. The number of tetrazole rings is 1. The average Bonchev–Trinajstić information content (AvgIpc) is 1.65. The number of aliphatic hydroxyl groups excluding tert-OH is 3. The minimum Gasteiger partial charge on any atom is -0.394 e. The highest BCUT2D eigenvalue weighted by Gasteiger charge is 2.44. The molecule has 3 aromatic heterocycles. The standard InChI is InChI=1S/C85H129N25O18/c1-3-4-29-59(98-81(125)66(49-111)104-80(124)65(43-54-46-90-50-95-54)102-77(121)61(35-37-68(86)114)99-83(127)73(51(2)112)105-72(117)47-94-70(115)34-20-15-13-11-9-7-5-6-8-10-12-14-19-33-69-106-108-109-107-69)75(119)100-62-36-38-71(116)91-39-24-23-31-58(74(87)118)96-79(123)64(42-53-45-93-57-30-22-21-28-56(53)57)101-76(120)60(32-25-40-92-85(88)89)97-78(122)63(41-52-26-17-16-18-27-52)103-82(126)67-44-55(113)48-110(67)84(62)128/h16-18,21-22,26-28,30,45-46,50-51,55,58-67,73,93,111-113H,3-15,19-20,23-25,29,31-44,47-49H2,1-2H3,(H2,86,114)(H2,87,118)(H,90,95)(H,91,116)(H,94,115)(H,96,123)(H,97,122)(H,98,125)(H,99,127)(H,100,119)(H,101,120)(H,102,121)(H,103,126)(H,104,124)(H,105,117)(H4,88,89,92)(H,106,107,108,109)/t51-,55-,58+,59+,60+,61+,62+,63-,64+,65+,66+,67+,73+/m1/s1. The molecule has 15 amide bonds. The van der Waals surface area contributed by atoms with E-state index in [9.17, 15) is 77.6 Å². The van der Waals surface area contributed by atoms with E-state index in [1.807, 2.05) is 12.1 Å². The Hall–Kier alpha value is -12.5. The molecule has 2 aromatic carbocycles. The molecule has 26 N–H and O–H groups in total. The second-order valence-electron chi connectivity index (χ2n) is 32.6. The fraction of sp³-hybridized carbons (Fsp3) is 0.600. The zero-order valence-electron chi connectivity index (χ0n) is 72.8. The van der Waals surface area contributed by atoms with E-state index < -0.39 is 225 Å². The first kappa shape index (κ1) is 103. The Labute approximate surface area is 742 Å². The molecule has 2 saturated heterocycles. The van der Waals surface area contributed by atoms with Gasteiger partial charge in [-0.2, -0.15) is 0 Å². The van der Waals surface area contributed by atoms with Gasteiger partial charge >= 0.3 is 0 Å². The van der Waals surface area contributed by atoms with Crippen molar-refractivity contribution in [1.82, 2.24) is 110 Å². The first-order valence-corrected chi connectivity index (χ1v) is 44.3. The molecule has 2 fully saturated rings. The topological polar surface area (TPSA) is 677 Å². The number of primary amides is 2. The van der Waals surface area contributed by atoms with Gasteiger partial charge in [-0.3, -0.25) is 77.3 Å². The Morgan fingerprint density at radius 3 is 1.91 bits per heavy atom. The van der Waals surface area contributed by atoms with E-state index in [1.165, 1.54) is 51.6 Å². The predicted octanol–water partition coefficient (Wildman–Crippen LogP) is -2.28. The average molecular weight is 1790 g/mol. The lowest BCUT2D eigenvalue weighted by atomic mass is 10.0. The summed E-state index contributed by atoms with van der Waals surface area (Å²) in [6, 6.07) is -2.00. The van der Waals surface area contributed by atoms with Crippen LogP contribution in [-0.2, 0) is 97.6 Å². The molecule has 702 valence electrons. The van der Waals surface area contributed by atoms with E-state index in [1.54, 1.807) is 55.6 Å². The number of aromatic amines is 3. The van der Waals surface area contributed by atoms with Crippen molar-refractivity contribution in [3.8, 4) is 0 Å². The fourth-order valence-electron chi connectivity index (χ4n) is 15.1. The summed E-state index contributed by atoms with van der Waals surface area (Å²) in [5.41, 5.74) is 19.0. The van der Waals surface area contributed by atoms with Crippen LogP contribution in [0.2, 0.25) is 0 Å². The monoisotopic (exact) mass is 1790 g/mol. The number of nitrogens with zero attached hydrogens (tertiary/aromatic N) is 5. The molecule has 0 bridgehead atoms. The Balaban J connectivity index is 1.02. The number of fused-ring (bicyclic) bond motifs is 2. The minimum absolute atomic E-state index is 0.0173. The van der Waals surface area contributed by atoms with Crippen molar-refractivity contribution in [3.63, 3.8) is 0 Å². The van der Waals surface area contributed by atoms with Gasteiger partial charge in [0.15, 0.2) is 5.96 Å². The number of aromatic nitrogens is 7. The Kier molecular flexibility index (Phi) is 44.2. The quantitative estimate of drug-likeness (QED) is 0.0111. The van der Waals surface area contributed by atoms with Crippen molar-refractivity contribution in [3.05, 3.63) is 96.0 Å². The number of para-hydroxylation sites is 1. The first-order valence-electron chi connectivity index (χ1n) is 44.3. The van der Waals surface area contributed by atoms with Crippen LogP contribution in [0.3, 0.4) is 0 Å². The number of amides is 15. The van der Waals surface area contributed by atoms with Crippen molar-refractivity contribution < 1.29 is 87.2 Å². The Morgan fingerprint density at radius 1 is 0.633 bits per heavy atom. The highest BCUT2D eigenvalue weighted by Crippen LogP contribution is 2.24. The van der Waals surface area contributed by atoms with Gasteiger partial charge in [0.1, 0.15) is 72.3 Å². The third kappa shape index (κ3) is 36.1. The maximum absolute atomic E-state index is 15.3. The van der Waals surface area contributed by atoms with Crippen LogP contribution < -0.4 is 86.3 Å². The van der Waals surface area contributed by atoms with E-state index >= 15 is 9.59 Å². The summed E-state index contributed by atoms with van der Waals surface area (Å²) in [6.07, 6.45) is 13.7. The van der Waals surface area contributed by atoms with Gasteiger partial charge in [0, 0.05) is 100.0 Å². The smallest absolute Gasteiger partial charge is 0.245 e. The largest absolute Gasteiger partial charge is 0.394 e. The highest BCUT2D eigenvalue weighted by atomic mass is 16.3. The zero-order chi connectivity index (χ0) is 92.9. The molecule has 0 saturated carbocycles. The van der Waals surface area contributed by atoms with Crippen LogP contribution in [0, 0.1) is 5.41 Å². The zero-order valence-corrected chi connectivity index (χ0v) is 72.8. The number of aliphatic hydroxyl groups is 3. The van der Waals surface area contributed by atoms with Crippen LogP contribution >= 0.6 is 0 Å². The molecule has 43 heteroatoms. The summed E-state index contributed by atoms with van der Waals surface area (Å²) in [5, 5.41) is 88.9. The maximum atomic E-state index is 15.3. The number of imidazole rings is 1. The predicted molar refractivity (Wildman–Crippen MR) is 467 cm³/mol. The van der Waals surface area contributed by atoms with Crippen LogP contribution in [0.25, 0.3) is 10.9 Å². The lowest BCUT2D eigenvalue weighted by Crippen LogP contribution is -2.61. The lowest BCUT2D eigenvalue weighted by Gasteiger charge is -2.31. The maximum Gasteiger partial charge on any atom is 0.245 e. The number of unbranched alkanes of at least 4 members (excludes halogenated alkanes) is 13. The lowest BCUT2D eigenvalue weighted by molar-refractivity contribution is -0.143. The minimum atomic E-state index is -1.90. The summed E-state index contributed by atoms with van der Waals surface area (Å²) in [4.78, 5) is 223.